The smallest absolute Gasteiger partial charge is 0.0833 e. The third-order valence-corrected chi connectivity index (χ3v) is 7.25. The van der Waals surface area contributed by atoms with E-state index in [-0.39, 0.29) is 17.6 Å². The lowest BCUT2D eigenvalue weighted by Gasteiger charge is -2.41. The van der Waals surface area contributed by atoms with Gasteiger partial charge in [0, 0.05) is 16.3 Å². The Hall–Kier alpha value is 0.350. The Balaban J connectivity index is 1.68. The fraction of sp³-hybridized carbons (Fsp3) is 0.875. The van der Waals surface area contributed by atoms with Gasteiger partial charge in [0.25, 0.3) is 0 Å². The Kier molecular flexibility index (Phi) is 3.64. The molecule has 0 aromatic heterocycles. The second kappa shape index (κ2) is 5.21. The number of rotatable bonds is 1. The third kappa shape index (κ3) is 2.02. The van der Waals surface area contributed by atoms with E-state index in [0.29, 0.717) is 17.9 Å². The molecule has 1 unspecified atom stereocenters. The maximum absolute atomic E-state index is 11.1. The standard InChI is InChI=1S/C16H23IO3/c17-9-16-5-4-13(20-16)12-8-19-7-10-2-1-3-11(6-10)15(18)14(12)16/h2,11-15,18H,1,3-9H2/t11-,12+,13+,14-,15?,16+/m1/s1. The fourth-order valence-corrected chi connectivity index (χ4v) is 6.06. The maximum Gasteiger partial charge on any atom is 0.0833 e. The van der Waals surface area contributed by atoms with Gasteiger partial charge in [-0.05, 0) is 43.6 Å². The van der Waals surface area contributed by atoms with Crippen LogP contribution in [0.2, 0.25) is 0 Å². The normalized spacial score (nSPS) is 50.9. The van der Waals surface area contributed by atoms with Gasteiger partial charge in [-0.2, -0.15) is 0 Å². The summed E-state index contributed by atoms with van der Waals surface area (Å²) in [5.41, 5.74) is 1.32. The highest BCUT2D eigenvalue weighted by molar-refractivity contribution is 14.1. The van der Waals surface area contributed by atoms with Crippen molar-refractivity contribution in [1.82, 2.24) is 0 Å². The second-order valence-electron chi connectivity index (χ2n) is 6.99. The molecule has 3 fully saturated rings. The van der Waals surface area contributed by atoms with Crippen LogP contribution in [0.1, 0.15) is 32.1 Å². The molecule has 3 saturated heterocycles. The van der Waals surface area contributed by atoms with Gasteiger partial charge in [0.2, 0.25) is 0 Å². The third-order valence-electron chi connectivity index (χ3n) is 5.95. The second-order valence-corrected chi connectivity index (χ2v) is 7.76. The van der Waals surface area contributed by atoms with Crippen LogP contribution < -0.4 is 0 Å². The Morgan fingerprint density at radius 1 is 1.40 bits per heavy atom. The van der Waals surface area contributed by atoms with Crippen molar-refractivity contribution in [3.05, 3.63) is 11.6 Å². The summed E-state index contributed by atoms with van der Waals surface area (Å²) in [4.78, 5) is 0. The van der Waals surface area contributed by atoms with E-state index in [4.69, 9.17) is 9.47 Å². The number of halogens is 1. The molecule has 0 aromatic carbocycles. The molecule has 0 spiro atoms. The summed E-state index contributed by atoms with van der Waals surface area (Å²) < 4.78 is 13.3. The minimum atomic E-state index is -0.217. The number of allylic oxidation sites excluding steroid dienone is 1. The topological polar surface area (TPSA) is 38.7 Å². The number of aliphatic hydroxyl groups excluding tert-OH is 1. The molecule has 3 nitrogen and oxygen atoms in total. The first-order chi connectivity index (χ1) is 9.73. The molecule has 1 N–H and O–H groups in total. The monoisotopic (exact) mass is 390 g/mol. The molecule has 0 aromatic rings. The van der Waals surface area contributed by atoms with Gasteiger partial charge in [0.1, 0.15) is 0 Å². The van der Waals surface area contributed by atoms with E-state index in [1.54, 1.807) is 0 Å². The van der Waals surface area contributed by atoms with Gasteiger partial charge in [-0.25, -0.2) is 0 Å². The molecule has 4 rings (SSSR count). The average molecular weight is 390 g/mol. The zero-order valence-electron chi connectivity index (χ0n) is 11.8. The fourth-order valence-electron chi connectivity index (χ4n) is 4.99. The SMILES string of the molecule is OC1[C@@H]2CCC=C(COC[C@H]3[C@@H]4CC[C@@](CI)(O4)[C@@H]13)C2. The minimum Gasteiger partial charge on any atom is -0.392 e. The molecule has 0 radical (unpaired) electrons. The first kappa shape index (κ1) is 14.0. The lowest BCUT2D eigenvalue weighted by atomic mass is 9.66. The lowest BCUT2D eigenvalue weighted by Crippen LogP contribution is -2.49. The van der Waals surface area contributed by atoms with Crippen LogP contribution in [0.3, 0.4) is 0 Å². The number of ether oxygens (including phenoxy) is 2. The van der Waals surface area contributed by atoms with Crippen molar-refractivity contribution in [2.75, 3.05) is 17.6 Å². The first-order valence-electron chi connectivity index (χ1n) is 7.91. The molecule has 1 aliphatic carbocycles. The van der Waals surface area contributed by atoms with Crippen molar-refractivity contribution in [3.8, 4) is 0 Å². The molecule has 112 valence electrons. The summed E-state index contributed by atoms with van der Waals surface area (Å²) >= 11 is 2.45. The predicted octanol–water partition coefficient (Wildman–Crippen LogP) is 2.70. The molecule has 4 heteroatoms. The predicted molar refractivity (Wildman–Crippen MR) is 85.0 cm³/mol. The van der Waals surface area contributed by atoms with Gasteiger partial charge in [0.15, 0.2) is 0 Å². The van der Waals surface area contributed by atoms with Crippen LogP contribution >= 0.6 is 22.6 Å². The molecule has 0 amide bonds. The quantitative estimate of drug-likeness (QED) is 0.425. The molecule has 3 heterocycles. The highest BCUT2D eigenvalue weighted by Crippen LogP contribution is 2.55. The molecule has 0 saturated carbocycles. The Morgan fingerprint density at radius 3 is 3.15 bits per heavy atom. The van der Waals surface area contributed by atoms with Gasteiger partial charge in [-0.15, -0.1) is 0 Å². The molecule has 4 bridgehead atoms. The number of alkyl halides is 1. The van der Waals surface area contributed by atoms with Crippen molar-refractivity contribution in [3.63, 3.8) is 0 Å². The van der Waals surface area contributed by atoms with Crippen molar-refractivity contribution in [1.29, 1.82) is 0 Å². The van der Waals surface area contributed by atoms with Crippen molar-refractivity contribution < 1.29 is 14.6 Å². The lowest BCUT2D eigenvalue weighted by molar-refractivity contribution is -0.0507. The van der Waals surface area contributed by atoms with Crippen LogP contribution in [0.25, 0.3) is 0 Å². The van der Waals surface area contributed by atoms with E-state index in [1.165, 1.54) is 5.57 Å². The Labute approximate surface area is 134 Å². The van der Waals surface area contributed by atoms with Crippen molar-refractivity contribution in [2.45, 2.75) is 49.9 Å². The molecule has 4 aliphatic rings. The van der Waals surface area contributed by atoms with Crippen LogP contribution in [0.4, 0.5) is 0 Å². The molecular formula is C16H23IO3. The summed E-state index contributed by atoms with van der Waals surface area (Å²) in [5.74, 6) is 1.08. The number of hydrogen-bond donors (Lipinski definition) is 1. The van der Waals surface area contributed by atoms with Gasteiger partial charge in [0.05, 0.1) is 31.0 Å². The van der Waals surface area contributed by atoms with E-state index >= 15 is 0 Å². The molecule has 20 heavy (non-hydrogen) atoms. The van der Waals surface area contributed by atoms with E-state index in [2.05, 4.69) is 28.7 Å². The Bertz CT molecular complexity index is 424. The highest BCUT2D eigenvalue weighted by atomic mass is 127. The van der Waals surface area contributed by atoms with Crippen LogP contribution in [-0.2, 0) is 9.47 Å². The van der Waals surface area contributed by atoms with Gasteiger partial charge in [-0.3, -0.25) is 0 Å². The molecule has 6 atom stereocenters. The van der Waals surface area contributed by atoms with E-state index in [0.717, 1.165) is 49.7 Å². The zero-order chi connectivity index (χ0) is 13.7. The van der Waals surface area contributed by atoms with Gasteiger partial charge < -0.3 is 14.6 Å². The molecular weight excluding hydrogens is 367 g/mol. The summed E-state index contributed by atoms with van der Waals surface area (Å²) in [5, 5.41) is 11.1. The van der Waals surface area contributed by atoms with E-state index in [1.807, 2.05) is 0 Å². The number of hydrogen-bond acceptors (Lipinski definition) is 3. The average Bonchev–Trinajstić information content (AvgIpc) is 3.04. The summed E-state index contributed by atoms with van der Waals surface area (Å²) in [7, 11) is 0. The summed E-state index contributed by atoms with van der Waals surface area (Å²) in [6.07, 6.45) is 7.93. The number of aliphatic hydroxyl groups is 1. The van der Waals surface area contributed by atoms with Crippen LogP contribution in [0, 0.1) is 17.8 Å². The zero-order valence-corrected chi connectivity index (χ0v) is 13.9. The van der Waals surface area contributed by atoms with E-state index in [9.17, 15) is 5.11 Å². The largest absolute Gasteiger partial charge is 0.392 e. The molecule has 3 aliphatic heterocycles. The first-order valence-corrected chi connectivity index (χ1v) is 9.43. The van der Waals surface area contributed by atoms with Crippen LogP contribution in [0.15, 0.2) is 11.6 Å². The summed E-state index contributed by atoms with van der Waals surface area (Å²) in [6, 6.07) is 0. The number of fused-ring (bicyclic) bond motifs is 7. The van der Waals surface area contributed by atoms with Crippen molar-refractivity contribution >= 4 is 22.6 Å². The van der Waals surface area contributed by atoms with Crippen molar-refractivity contribution in [2.24, 2.45) is 17.8 Å². The minimum absolute atomic E-state index is 0.0790. The maximum atomic E-state index is 11.1. The van der Waals surface area contributed by atoms with Gasteiger partial charge >= 0.3 is 0 Å². The van der Waals surface area contributed by atoms with Crippen LogP contribution in [0.5, 0.6) is 0 Å². The van der Waals surface area contributed by atoms with Crippen LogP contribution in [-0.4, -0.2) is 40.6 Å². The Morgan fingerprint density at radius 2 is 2.30 bits per heavy atom. The van der Waals surface area contributed by atoms with E-state index < -0.39 is 0 Å². The summed E-state index contributed by atoms with van der Waals surface area (Å²) in [6.45, 7) is 1.52. The van der Waals surface area contributed by atoms with Gasteiger partial charge in [-0.1, -0.05) is 28.7 Å². The highest BCUT2D eigenvalue weighted by Gasteiger charge is 2.61.